The second kappa shape index (κ2) is 5.43. The van der Waals surface area contributed by atoms with Crippen LogP contribution in [0.4, 0.5) is 0 Å². The van der Waals surface area contributed by atoms with Crippen LogP contribution in [0.15, 0.2) is 48.1 Å². The highest BCUT2D eigenvalue weighted by atomic mass is 32.1. The lowest BCUT2D eigenvalue weighted by molar-refractivity contribution is 0.0990. The predicted octanol–water partition coefficient (Wildman–Crippen LogP) is 3.73. The van der Waals surface area contributed by atoms with Crippen LogP contribution in [0.5, 0.6) is 5.75 Å². The lowest BCUT2D eigenvalue weighted by Crippen LogP contribution is -2.05. The third-order valence-corrected chi connectivity index (χ3v) is 4.23. The maximum Gasteiger partial charge on any atom is 0.171 e. The van der Waals surface area contributed by atoms with Gasteiger partial charge in [0.2, 0.25) is 0 Å². The Hall–Kier alpha value is -2.20. The van der Waals surface area contributed by atoms with Crippen molar-refractivity contribution in [3.05, 3.63) is 59.2 Å². The number of thiophene rings is 1. The van der Waals surface area contributed by atoms with Crippen LogP contribution in [0.25, 0.3) is 10.1 Å². The molecular formula is C16H13NO2S. The smallest absolute Gasteiger partial charge is 0.171 e. The molecular weight excluding hydrogens is 270 g/mol. The second-order valence-corrected chi connectivity index (χ2v) is 5.34. The van der Waals surface area contributed by atoms with E-state index in [1.165, 1.54) is 4.70 Å². The summed E-state index contributed by atoms with van der Waals surface area (Å²) >= 11 is 1.67. The van der Waals surface area contributed by atoms with Crippen LogP contribution in [-0.2, 0) is 6.42 Å². The van der Waals surface area contributed by atoms with Gasteiger partial charge in [-0.25, -0.2) is 0 Å². The van der Waals surface area contributed by atoms with Crippen LogP contribution in [0, 0.1) is 0 Å². The average Bonchev–Trinajstić information content (AvgIpc) is 2.90. The molecule has 0 aliphatic heterocycles. The molecule has 2 heterocycles. The van der Waals surface area contributed by atoms with E-state index in [4.69, 9.17) is 4.74 Å². The van der Waals surface area contributed by atoms with E-state index in [0.717, 1.165) is 10.9 Å². The molecule has 4 heteroatoms. The lowest BCUT2D eigenvalue weighted by atomic mass is 10.0. The van der Waals surface area contributed by atoms with E-state index >= 15 is 0 Å². The van der Waals surface area contributed by atoms with Crippen molar-refractivity contribution in [1.82, 2.24) is 4.98 Å². The molecule has 0 N–H and O–H groups in total. The number of rotatable bonds is 4. The Balaban J connectivity index is 1.93. The number of benzene rings is 1. The molecule has 0 spiro atoms. The van der Waals surface area contributed by atoms with Crippen molar-refractivity contribution in [2.45, 2.75) is 6.42 Å². The Morgan fingerprint density at radius 2 is 2.15 bits per heavy atom. The summed E-state index contributed by atoms with van der Waals surface area (Å²) in [5.74, 6) is 0.574. The summed E-state index contributed by atoms with van der Waals surface area (Å²) in [6.45, 7) is 0. The number of hydrogen-bond acceptors (Lipinski definition) is 4. The molecule has 0 unspecified atom stereocenters. The second-order valence-electron chi connectivity index (χ2n) is 4.43. The Labute approximate surface area is 120 Å². The Kier molecular flexibility index (Phi) is 3.48. The van der Waals surface area contributed by atoms with Gasteiger partial charge in [0.05, 0.1) is 18.9 Å². The highest BCUT2D eigenvalue weighted by molar-refractivity contribution is 7.17. The molecule has 3 nitrogen and oxygen atoms in total. The third kappa shape index (κ3) is 2.30. The van der Waals surface area contributed by atoms with Gasteiger partial charge >= 0.3 is 0 Å². The first-order valence-electron chi connectivity index (χ1n) is 6.26. The van der Waals surface area contributed by atoms with Gasteiger partial charge in [0.25, 0.3) is 0 Å². The maximum absolute atomic E-state index is 12.4. The van der Waals surface area contributed by atoms with Gasteiger partial charge in [0, 0.05) is 17.3 Å². The number of nitrogens with zero attached hydrogens (tertiary/aromatic N) is 1. The Morgan fingerprint density at radius 3 is 3.00 bits per heavy atom. The number of ether oxygens (including phenoxy) is 1. The number of Topliss-reactive ketones (excluding diaryl/α,β-unsaturated/α-hetero) is 1. The van der Waals surface area contributed by atoms with Crippen LogP contribution < -0.4 is 4.74 Å². The van der Waals surface area contributed by atoms with Crippen LogP contribution in [0.2, 0.25) is 0 Å². The van der Waals surface area contributed by atoms with Crippen molar-refractivity contribution in [3.63, 3.8) is 0 Å². The highest BCUT2D eigenvalue weighted by Crippen LogP contribution is 2.27. The van der Waals surface area contributed by atoms with Crippen LogP contribution >= 0.6 is 11.3 Å². The topological polar surface area (TPSA) is 39.2 Å². The molecule has 20 heavy (non-hydrogen) atoms. The number of carbonyl (C=O) groups excluding carboxylic acids is 1. The summed E-state index contributed by atoms with van der Waals surface area (Å²) in [4.78, 5) is 16.4. The Bertz CT molecular complexity index is 764. The standard InChI is InChI=1S/C16H13NO2S/c1-19-15-9-17-7-6-13(15)14(18)8-11-10-20-16-5-3-2-4-12(11)16/h2-7,9-10H,8H2,1H3. The maximum atomic E-state index is 12.4. The number of pyridine rings is 1. The molecule has 3 rings (SSSR count). The predicted molar refractivity (Wildman–Crippen MR) is 80.6 cm³/mol. The van der Waals surface area contributed by atoms with Crippen molar-refractivity contribution in [2.75, 3.05) is 7.11 Å². The van der Waals surface area contributed by atoms with Gasteiger partial charge in [-0.15, -0.1) is 11.3 Å². The zero-order valence-electron chi connectivity index (χ0n) is 11.0. The summed E-state index contributed by atoms with van der Waals surface area (Å²) < 4.78 is 6.40. The molecule has 0 fully saturated rings. The molecule has 1 aromatic carbocycles. The summed E-state index contributed by atoms with van der Waals surface area (Å²) in [7, 11) is 1.55. The van der Waals surface area contributed by atoms with E-state index in [0.29, 0.717) is 17.7 Å². The van der Waals surface area contributed by atoms with Gasteiger partial charge < -0.3 is 4.74 Å². The molecule has 2 aromatic heterocycles. The Morgan fingerprint density at radius 1 is 1.30 bits per heavy atom. The van der Waals surface area contributed by atoms with E-state index in [-0.39, 0.29) is 5.78 Å². The van der Waals surface area contributed by atoms with Crippen molar-refractivity contribution in [1.29, 1.82) is 0 Å². The first-order chi connectivity index (χ1) is 9.79. The van der Waals surface area contributed by atoms with Crippen LogP contribution in [-0.4, -0.2) is 17.9 Å². The van der Waals surface area contributed by atoms with E-state index < -0.39 is 0 Å². The molecule has 100 valence electrons. The van der Waals surface area contributed by atoms with Crippen molar-refractivity contribution in [2.24, 2.45) is 0 Å². The number of fused-ring (bicyclic) bond motifs is 1. The van der Waals surface area contributed by atoms with E-state index in [2.05, 4.69) is 22.5 Å². The number of ketones is 1. The molecule has 0 saturated carbocycles. The molecule has 0 aliphatic rings. The summed E-state index contributed by atoms with van der Waals surface area (Å²) in [5.41, 5.74) is 1.65. The average molecular weight is 283 g/mol. The van der Waals surface area contributed by atoms with Gasteiger partial charge in [0.15, 0.2) is 5.78 Å². The van der Waals surface area contributed by atoms with E-state index in [1.54, 1.807) is 36.9 Å². The number of hydrogen-bond donors (Lipinski definition) is 0. The first-order valence-corrected chi connectivity index (χ1v) is 7.14. The zero-order chi connectivity index (χ0) is 13.9. The largest absolute Gasteiger partial charge is 0.494 e. The van der Waals surface area contributed by atoms with Gasteiger partial charge in [-0.05, 0) is 28.5 Å². The molecule has 3 aromatic rings. The van der Waals surface area contributed by atoms with Gasteiger partial charge in [-0.1, -0.05) is 18.2 Å². The minimum Gasteiger partial charge on any atom is -0.494 e. The van der Waals surface area contributed by atoms with Crippen LogP contribution in [0.3, 0.4) is 0 Å². The molecule has 0 radical (unpaired) electrons. The van der Waals surface area contributed by atoms with Gasteiger partial charge in [0.1, 0.15) is 5.75 Å². The van der Waals surface area contributed by atoms with Crippen LogP contribution in [0.1, 0.15) is 15.9 Å². The number of methoxy groups -OCH3 is 1. The zero-order valence-corrected chi connectivity index (χ0v) is 11.8. The summed E-state index contributed by atoms with van der Waals surface area (Å²) in [6.07, 6.45) is 3.56. The third-order valence-electron chi connectivity index (χ3n) is 3.22. The first kappa shape index (κ1) is 12.8. The SMILES string of the molecule is COc1cnccc1C(=O)Cc1csc2ccccc12. The van der Waals surface area contributed by atoms with Gasteiger partial charge in [-0.3, -0.25) is 9.78 Å². The minimum atomic E-state index is 0.0489. The normalized spacial score (nSPS) is 10.7. The fraction of sp³-hybridized carbons (Fsp3) is 0.125. The fourth-order valence-electron chi connectivity index (χ4n) is 2.21. The quantitative estimate of drug-likeness (QED) is 0.685. The lowest BCUT2D eigenvalue weighted by Gasteiger charge is -2.06. The molecule has 0 bridgehead atoms. The van der Waals surface area contributed by atoms with Crippen molar-refractivity contribution in [3.8, 4) is 5.75 Å². The molecule has 0 saturated heterocycles. The van der Waals surface area contributed by atoms with E-state index in [1.807, 2.05) is 12.1 Å². The number of aromatic nitrogens is 1. The van der Waals surface area contributed by atoms with Gasteiger partial charge in [-0.2, -0.15) is 0 Å². The van der Waals surface area contributed by atoms with Crippen molar-refractivity contribution >= 4 is 27.2 Å². The fourth-order valence-corrected chi connectivity index (χ4v) is 3.17. The minimum absolute atomic E-state index is 0.0489. The summed E-state index contributed by atoms with van der Waals surface area (Å²) in [6, 6.07) is 9.83. The van der Waals surface area contributed by atoms with E-state index in [9.17, 15) is 4.79 Å². The molecule has 0 atom stereocenters. The molecule has 0 amide bonds. The highest BCUT2D eigenvalue weighted by Gasteiger charge is 2.14. The summed E-state index contributed by atoms with van der Waals surface area (Å²) in [5, 5.41) is 3.20. The molecule has 0 aliphatic carbocycles. The van der Waals surface area contributed by atoms with Crippen molar-refractivity contribution < 1.29 is 9.53 Å². The monoisotopic (exact) mass is 283 g/mol. The number of carbonyl (C=O) groups is 1.